The molecule has 1 fully saturated rings. The lowest BCUT2D eigenvalue weighted by molar-refractivity contribution is 0.0668. The Morgan fingerprint density at radius 3 is 2.57 bits per heavy atom. The maximum Gasteiger partial charge on any atom is 0.274 e. The van der Waals surface area contributed by atoms with Crippen molar-refractivity contribution < 1.29 is 4.79 Å². The monoisotopic (exact) mass is 320 g/mol. The lowest BCUT2D eigenvalue weighted by atomic mass is 10.1. The van der Waals surface area contributed by atoms with Crippen LogP contribution < -0.4 is 0 Å². The van der Waals surface area contributed by atoms with Crippen molar-refractivity contribution in [1.29, 1.82) is 0 Å². The maximum absolute atomic E-state index is 12.8. The lowest BCUT2D eigenvalue weighted by Gasteiger charge is -2.29. The Kier molecular flexibility index (Phi) is 4.00. The molecule has 21 heavy (non-hydrogen) atoms. The highest BCUT2D eigenvalue weighted by Gasteiger charge is 2.37. The van der Waals surface area contributed by atoms with Crippen LogP contribution in [0.1, 0.15) is 46.9 Å². The molecular weight excluding hydrogens is 304 g/mol. The zero-order valence-electron chi connectivity index (χ0n) is 12.0. The summed E-state index contributed by atoms with van der Waals surface area (Å²) in [4.78, 5) is 19.1. The quantitative estimate of drug-likeness (QED) is 0.832. The van der Waals surface area contributed by atoms with Crippen LogP contribution >= 0.6 is 22.9 Å². The number of rotatable bonds is 4. The minimum Gasteiger partial charge on any atom is -0.328 e. The van der Waals surface area contributed by atoms with Gasteiger partial charge in [-0.3, -0.25) is 4.79 Å². The molecule has 0 radical (unpaired) electrons. The molecule has 110 valence electrons. The van der Waals surface area contributed by atoms with E-state index in [0.29, 0.717) is 16.8 Å². The molecule has 1 aromatic heterocycles. The standard InChI is InChI=1S/C16H17ClN2OS/c1-10(12-3-5-13(17)6-4-12)19(14-7-8-14)16(20)15-9-21-11(2)18-15/h3-6,9-10,14H,7-8H2,1-2H3. The van der Waals surface area contributed by atoms with Gasteiger partial charge >= 0.3 is 0 Å². The largest absolute Gasteiger partial charge is 0.328 e. The number of aromatic nitrogens is 1. The van der Waals surface area contributed by atoms with Gasteiger partial charge < -0.3 is 4.90 Å². The van der Waals surface area contributed by atoms with Crippen molar-refractivity contribution in [3.8, 4) is 0 Å². The number of hydrogen-bond acceptors (Lipinski definition) is 3. The summed E-state index contributed by atoms with van der Waals surface area (Å²) in [5.74, 6) is 0.0318. The lowest BCUT2D eigenvalue weighted by Crippen LogP contribution is -2.35. The number of carbonyl (C=O) groups is 1. The summed E-state index contributed by atoms with van der Waals surface area (Å²) in [5, 5.41) is 3.49. The van der Waals surface area contributed by atoms with Crippen LogP contribution in [0.5, 0.6) is 0 Å². The Morgan fingerprint density at radius 1 is 1.38 bits per heavy atom. The first-order valence-electron chi connectivity index (χ1n) is 7.06. The molecule has 1 heterocycles. The molecule has 1 amide bonds. The summed E-state index contributed by atoms with van der Waals surface area (Å²) >= 11 is 7.46. The number of carbonyl (C=O) groups excluding carboxylic acids is 1. The molecule has 1 aliphatic carbocycles. The van der Waals surface area contributed by atoms with Crippen molar-refractivity contribution in [3.05, 3.63) is 50.9 Å². The normalized spacial score (nSPS) is 15.8. The number of halogens is 1. The highest BCUT2D eigenvalue weighted by Crippen LogP contribution is 2.36. The molecule has 3 rings (SSSR count). The van der Waals surface area contributed by atoms with Crippen molar-refractivity contribution in [2.75, 3.05) is 0 Å². The predicted octanol–water partition coefficient (Wildman–Crippen LogP) is 4.47. The Labute approximate surface area is 133 Å². The molecule has 5 heteroatoms. The van der Waals surface area contributed by atoms with Crippen LogP contribution in [0.15, 0.2) is 29.6 Å². The third kappa shape index (κ3) is 3.11. The zero-order valence-corrected chi connectivity index (χ0v) is 13.6. The minimum atomic E-state index is 0.0317. The summed E-state index contributed by atoms with van der Waals surface area (Å²) in [7, 11) is 0. The van der Waals surface area contributed by atoms with E-state index < -0.39 is 0 Å². The third-order valence-electron chi connectivity index (χ3n) is 3.78. The molecule has 1 atom stereocenters. The molecular formula is C16H17ClN2OS. The highest BCUT2D eigenvalue weighted by molar-refractivity contribution is 7.09. The van der Waals surface area contributed by atoms with Gasteiger partial charge in [0, 0.05) is 16.4 Å². The topological polar surface area (TPSA) is 33.2 Å². The van der Waals surface area contributed by atoms with Gasteiger partial charge in [-0.05, 0) is 44.4 Å². The van der Waals surface area contributed by atoms with E-state index >= 15 is 0 Å². The fraction of sp³-hybridized carbons (Fsp3) is 0.375. The van der Waals surface area contributed by atoms with Gasteiger partial charge in [0.25, 0.3) is 5.91 Å². The van der Waals surface area contributed by atoms with Crippen LogP contribution in [0.4, 0.5) is 0 Å². The maximum atomic E-state index is 12.8. The first kappa shape index (κ1) is 14.5. The van der Waals surface area contributed by atoms with Gasteiger partial charge in [-0.15, -0.1) is 11.3 Å². The van der Waals surface area contributed by atoms with Crippen molar-refractivity contribution in [2.24, 2.45) is 0 Å². The van der Waals surface area contributed by atoms with Gasteiger partial charge in [-0.1, -0.05) is 23.7 Å². The number of thiazole rings is 1. The third-order valence-corrected chi connectivity index (χ3v) is 4.81. The smallest absolute Gasteiger partial charge is 0.274 e. The molecule has 1 unspecified atom stereocenters. The minimum absolute atomic E-state index is 0.0317. The molecule has 3 nitrogen and oxygen atoms in total. The highest BCUT2D eigenvalue weighted by atomic mass is 35.5. The van der Waals surface area contributed by atoms with E-state index in [4.69, 9.17) is 11.6 Å². The molecule has 0 bridgehead atoms. The molecule has 0 N–H and O–H groups in total. The van der Waals surface area contributed by atoms with Crippen LogP contribution in [-0.2, 0) is 0 Å². The SMILES string of the molecule is Cc1nc(C(=O)N(C2CC2)C(C)c2ccc(Cl)cc2)cs1. The summed E-state index contributed by atoms with van der Waals surface area (Å²) in [6.45, 7) is 3.99. The molecule has 0 aliphatic heterocycles. The average Bonchev–Trinajstić information content (AvgIpc) is 3.20. The van der Waals surface area contributed by atoms with E-state index in [1.54, 1.807) is 0 Å². The van der Waals surface area contributed by atoms with E-state index in [1.807, 2.05) is 41.5 Å². The number of nitrogens with zero attached hydrogens (tertiary/aromatic N) is 2. The molecule has 1 aliphatic rings. The summed E-state index contributed by atoms with van der Waals surface area (Å²) in [5.41, 5.74) is 1.66. The van der Waals surface area contributed by atoms with Crippen LogP contribution in [-0.4, -0.2) is 21.8 Å². The summed E-state index contributed by atoms with van der Waals surface area (Å²) in [6, 6.07) is 8.09. The number of aryl methyl sites for hydroxylation is 1. The molecule has 2 aromatic rings. The average molecular weight is 321 g/mol. The van der Waals surface area contributed by atoms with Crippen LogP contribution in [0.3, 0.4) is 0 Å². The second-order valence-corrected chi connectivity index (χ2v) is 6.92. The molecule has 1 aromatic carbocycles. The Balaban J connectivity index is 1.87. The predicted molar refractivity (Wildman–Crippen MR) is 85.9 cm³/mol. The second kappa shape index (κ2) is 5.78. The Morgan fingerprint density at radius 2 is 2.05 bits per heavy atom. The molecule has 1 saturated carbocycles. The Bertz CT molecular complexity index is 649. The van der Waals surface area contributed by atoms with Gasteiger partial charge in [-0.25, -0.2) is 4.98 Å². The zero-order chi connectivity index (χ0) is 15.0. The van der Waals surface area contributed by atoms with E-state index in [9.17, 15) is 4.79 Å². The second-order valence-electron chi connectivity index (χ2n) is 5.42. The van der Waals surface area contributed by atoms with Gasteiger partial charge in [0.1, 0.15) is 5.69 Å². The van der Waals surface area contributed by atoms with E-state index in [1.165, 1.54) is 11.3 Å². The van der Waals surface area contributed by atoms with Crippen molar-refractivity contribution in [1.82, 2.24) is 9.88 Å². The first-order valence-corrected chi connectivity index (χ1v) is 8.32. The fourth-order valence-electron chi connectivity index (χ4n) is 2.51. The number of benzene rings is 1. The van der Waals surface area contributed by atoms with Crippen LogP contribution in [0, 0.1) is 6.92 Å². The van der Waals surface area contributed by atoms with E-state index in [-0.39, 0.29) is 11.9 Å². The van der Waals surface area contributed by atoms with Gasteiger partial charge in [0.15, 0.2) is 0 Å². The first-order chi connectivity index (χ1) is 10.1. The molecule has 0 spiro atoms. The van der Waals surface area contributed by atoms with Gasteiger partial charge in [0.2, 0.25) is 0 Å². The number of hydrogen-bond donors (Lipinski definition) is 0. The van der Waals surface area contributed by atoms with Crippen LogP contribution in [0.25, 0.3) is 0 Å². The summed E-state index contributed by atoms with van der Waals surface area (Å²) < 4.78 is 0. The number of amides is 1. The van der Waals surface area contributed by atoms with Gasteiger partial charge in [-0.2, -0.15) is 0 Å². The van der Waals surface area contributed by atoms with Gasteiger partial charge in [0.05, 0.1) is 11.0 Å². The van der Waals surface area contributed by atoms with Crippen LogP contribution in [0.2, 0.25) is 5.02 Å². The van der Waals surface area contributed by atoms with Crippen molar-refractivity contribution in [3.63, 3.8) is 0 Å². The van der Waals surface area contributed by atoms with E-state index in [2.05, 4.69) is 11.9 Å². The van der Waals surface area contributed by atoms with E-state index in [0.717, 1.165) is 23.4 Å². The molecule has 0 saturated heterocycles. The van der Waals surface area contributed by atoms with Crippen molar-refractivity contribution in [2.45, 2.75) is 38.8 Å². The Hall–Kier alpha value is -1.39. The van der Waals surface area contributed by atoms with Crippen molar-refractivity contribution >= 4 is 28.8 Å². The summed E-state index contributed by atoms with van der Waals surface area (Å²) in [6.07, 6.45) is 2.15. The fourth-order valence-corrected chi connectivity index (χ4v) is 3.22.